The highest BCUT2D eigenvalue weighted by molar-refractivity contribution is 6.02. The SMILES string of the molecule is CC(C)(C)OC(=O)NC1CC(F)(F)c2cc(F)c(C(=O)NN)cc2N(Cc2ccc(-n3cnc(C(F)(F)F)n3)cc2)C1=O. The number of rotatable bonds is 5. The molecule has 0 spiro atoms. The second kappa shape index (κ2) is 11.2. The van der Waals surface area contributed by atoms with Gasteiger partial charge in [0.25, 0.3) is 17.7 Å². The Labute approximate surface area is 240 Å². The number of hydrazine groups is 1. The summed E-state index contributed by atoms with van der Waals surface area (Å²) in [6.07, 6.45) is -6.34. The molecule has 0 fully saturated rings. The minimum absolute atomic E-state index is 0.161. The van der Waals surface area contributed by atoms with Crippen LogP contribution in [-0.4, -0.2) is 44.3 Å². The van der Waals surface area contributed by atoms with Gasteiger partial charge < -0.3 is 15.0 Å². The number of halogens is 6. The summed E-state index contributed by atoms with van der Waals surface area (Å²) in [5.74, 6) is -3.65. The number of aromatic nitrogens is 3. The number of anilines is 1. The summed E-state index contributed by atoms with van der Waals surface area (Å²) in [5.41, 5.74) is -1.06. The largest absolute Gasteiger partial charge is 0.453 e. The molecule has 1 unspecified atom stereocenters. The minimum Gasteiger partial charge on any atom is -0.444 e. The molecule has 3 amide bonds. The second-order valence-electron chi connectivity index (χ2n) is 10.5. The van der Waals surface area contributed by atoms with E-state index < -0.39 is 83.1 Å². The molecule has 0 bridgehead atoms. The molecule has 17 heteroatoms. The first-order chi connectivity index (χ1) is 19.9. The normalized spacial score (nSPS) is 16.7. The molecule has 0 saturated carbocycles. The van der Waals surface area contributed by atoms with Crippen molar-refractivity contribution in [2.75, 3.05) is 4.90 Å². The maximum atomic E-state index is 15.5. The minimum atomic E-state index is -4.77. The molecule has 0 radical (unpaired) electrons. The molecule has 1 aromatic heterocycles. The number of alkyl carbamates (subject to hydrolysis) is 1. The Bertz CT molecular complexity index is 1550. The van der Waals surface area contributed by atoms with Gasteiger partial charge >= 0.3 is 12.3 Å². The van der Waals surface area contributed by atoms with Crippen LogP contribution in [0.1, 0.15) is 54.5 Å². The van der Waals surface area contributed by atoms with Crippen LogP contribution in [0.5, 0.6) is 0 Å². The van der Waals surface area contributed by atoms with Crippen molar-refractivity contribution >= 4 is 23.6 Å². The zero-order valence-corrected chi connectivity index (χ0v) is 22.8. The number of nitrogens with two attached hydrogens (primary N) is 1. The highest BCUT2D eigenvalue weighted by Crippen LogP contribution is 2.44. The number of carbonyl (C=O) groups excluding carboxylic acids is 3. The Morgan fingerprint density at radius 1 is 1.14 bits per heavy atom. The van der Waals surface area contributed by atoms with Crippen molar-refractivity contribution in [3.8, 4) is 5.69 Å². The number of alkyl halides is 5. The molecule has 230 valence electrons. The van der Waals surface area contributed by atoms with Gasteiger partial charge in [-0.15, -0.1) is 5.10 Å². The topological polar surface area (TPSA) is 144 Å². The van der Waals surface area contributed by atoms with Crippen LogP contribution in [0.2, 0.25) is 0 Å². The van der Waals surface area contributed by atoms with E-state index in [1.807, 2.05) is 0 Å². The molecule has 1 atom stereocenters. The summed E-state index contributed by atoms with van der Waals surface area (Å²) in [4.78, 5) is 42.4. The first-order valence-electron chi connectivity index (χ1n) is 12.5. The zero-order valence-electron chi connectivity index (χ0n) is 22.8. The number of hydrogen-bond donors (Lipinski definition) is 3. The van der Waals surface area contributed by atoms with Gasteiger partial charge in [0.1, 0.15) is 23.8 Å². The number of hydrogen-bond acceptors (Lipinski definition) is 7. The van der Waals surface area contributed by atoms with E-state index in [9.17, 15) is 31.9 Å². The first-order valence-corrected chi connectivity index (χ1v) is 12.5. The van der Waals surface area contributed by atoms with Crippen LogP contribution in [0, 0.1) is 5.82 Å². The van der Waals surface area contributed by atoms with Crippen LogP contribution in [-0.2, 0) is 28.2 Å². The number of fused-ring (bicyclic) bond motifs is 1. The molecule has 43 heavy (non-hydrogen) atoms. The fourth-order valence-corrected chi connectivity index (χ4v) is 4.27. The van der Waals surface area contributed by atoms with Crippen molar-refractivity contribution in [3.63, 3.8) is 0 Å². The fourth-order valence-electron chi connectivity index (χ4n) is 4.27. The third-order valence-corrected chi connectivity index (χ3v) is 6.15. The van der Waals surface area contributed by atoms with Gasteiger partial charge in [-0.2, -0.15) is 13.2 Å². The van der Waals surface area contributed by atoms with Crippen molar-refractivity contribution in [3.05, 3.63) is 71.1 Å². The lowest BCUT2D eigenvalue weighted by Crippen LogP contribution is -2.49. The van der Waals surface area contributed by atoms with E-state index in [1.54, 1.807) is 5.43 Å². The van der Waals surface area contributed by atoms with E-state index in [-0.39, 0.29) is 11.3 Å². The third kappa shape index (κ3) is 6.87. The molecule has 3 aromatic rings. The molecule has 4 N–H and O–H groups in total. The average molecular weight is 614 g/mol. The number of benzene rings is 2. The number of nitrogen functional groups attached to an aromatic ring is 1. The maximum Gasteiger partial charge on any atom is 0.453 e. The van der Waals surface area contributed by atoms with E-state index in [2.05, 4.69) is 15.4 Å². The van der Waals surface area contributed by atoms with Gasteiger partial charge in [-0.3, -0.25) is 15.0 Å². The standard InChI is InChI=1S/C26H25F6N7O4/c1-24(2,3)43-23(42)35-18-10-25(28,29)16-9-17(27)15(20(40)36-33)8-19(16)38(21(18)41)11-13-4-6-14(7-5-13)39-12-34-22(37-39)26(30,31)32/h4-9,12,18H,10-11,33H2,1-3H3,(H,35,42)(H,36,40). The van der Waals surface area contributed by atoms with Crippen LogP contribution >= 0.6 is 0 Å². The van der Waals surface area contributed by atoms with Gasteiger partial charge in [-0.1, -0.05) is 12.1 Å². The predicted octanol–water partition coefficient (Wildman–Crippen LogP) is 3.95. The zero-order chi connectivity index (χ0) is 31.9. The molecule has 1 aliphatic heterocycles. The Kier molecular flexibility index (Phi) is 8.14. The summed E-state index contributed by atoms with van der Waals surface area (Å²) in [6, 6.07) is 4.77. The van der Waals surface area contributed by atoms with Gasteiger partial charge in [0.2, 0.25) is 5.91 Å². The second-order valence-corrected chi connectivity index (χ2v) is 10.5. The van der Waals surface area contributed by atoms with E-state index in [1.165, 1.54) is 45.0 Å². The smallest absolute Gasteiger partial charge is 0.444 e. The Hall–Kier alpha value is -4.67. The third-order valence-electron chi connectivity index (χ3n) is 6.15. The molecule has 11 nitrogen and oxygen atoms in total. The van der Waals surface area contributed by atoms with Crippen LogP contribution < -0.4 is 21.5 Å². The van der Waals surface area contributed by atoms with Gasteiger partial charge in [0, 0.05) is 12.0 Å². The highest BCUT2D eigenvalue weighted by atomic mass is 19.4. The molecular formula is C26H25F6N7O4. The average Bonchev–Trinajstić information content (AvgIpc) is 3.39. The summed E-state index contributed by atoms with van der Waals surface area (Å²) >= 11 is 0. The predicted molar refractivity (Wildman–Crippen MR) is 137 cm³/mol. The molecular weight excluding hydrogens is 588 g/mol. The Balaban J connectivity index is 1.75. The van der Waals surface area contributed by atoms with E-state index in [4.69, 9.17) is 10.6 Å². The number of nitrogens with one attached hydrogen (secondary N) is 2. The maximum absolute atomic E-state index is 15.5. The molecule has 2 heterocycles. The number of ether oxygens (including phenoxy) is 1. The number of carbonyl (C=O) groups is 3. The molecule has 4 rings (SSSR count). The Morgan fingerprint density at radius 3 is 2.35 bits per heavy atom. The quantitative estimate of drug-likeness (QED) is 0.171. The summed E-state index contributed by atoms with van der Waals surface area (Å²) in [6.45, 7) is 4.14. The van der Waals surface area contributed by atoms with Crippen LogP contribution in [0.4, 0.5) is 36.8 Å². The van der Waals surface area contributed by atoms with Gasteiger partial charge in [-0.05, 0) is 50.6 Å². The lowest BCUT2D eigenvalue weighted by molar-refractivity contribution is -0.144. The molecule has 2 aromatic carbocycles. The van der Waals surface area contributed by atoms with E-state index >= 15 is 8.78 Å². The molecule has 1 aliphatic rings. The van der Waals surface area contributed by atoms with Gasteiger partial charge in [-0.25, -0.2) is 33.5 Å². The summed E-state index contributed by atoms with van der Waals surface area (Å²) in [7, 11) is 0. The summed E-state index contributed by atoms with van der Waals surface area (Å²) in [5, 5.41) is 5.51. The monoisotopic (exact) mass is 613 g/mol. The highest BCUT2D eigenvalue weighted by Gasteiger charge is 2.47. The van der Waals surface area contributed by atoms with Crippen molar-refractivity contribution in [1.82, 2.24) is 25.5 Å². The van der Waals surface area contributed by atoms with E-state index in [0.29, 0.717) is 6.07 Å². The van der Waals surface area contributed by atoms with Crippen molar-refractivity contribution in [1.29, 1.82) is 0 Å². The lowest BCUT2D eigenvalue weighted by atomic mass is 9.99. The van der Waals surface area contributed by atoms with Crippen LogP contribution in [0.25, 0.3) is 5.69 Å². The van der Waals surface area contributed by atoms with Gasteiger partial charge in [0.15, 0.2) is 0 Å². The Morgan fingerprint density at radius 2 is 1.79 bits per heavy atom. The number of nitrogens with zero attached hydrogens (tertiary/aromatic N) is 4. The van der Waals surface area contributed by atoms with E-state index in [0.717, 1.165) is 22.0 Å². The van der Waals surface area contributed by atoms with Crippen molar-refractivity contribution < 1.29 is 45.5 Å². The lowest BCUT2D eigenvalue weighted by Gasteiger charge is -2.27. The van der Waals surface area contributed by atoms with Crippen molar-refractivity contribution in [2.45, 2.75) is 57.5 Å². The first kappa shape index (κ1) is 31.3. The molecule has 0 saturated heterocycles. The van der Waals surface area contributed by atoms with Gasteiger partial charge in [0.05, 0.1) is 23.5 Å². The number of amides is 3. The summed E-state index contributed by atoms with van der Waals surface area (Å²) < 4.78 is 90.5. The van der Waals surface area contributed by atoms with Crippen LogP contribution in [0.15, 0.2) is 42.7 Å². The fraction of sp³-hybridized carbons (Fsp3) is 0.346. The van der Waals surface area contributed by atoms with Crippen molar-refractivity contribution in [2.24, 2.45) is 5.84 Å². The molecule has 0 aliphatic carbocycles. The van der Waals surface area contributed by atoms with Crippen LogP contribution in [0.3, 0.4) is 0 Å².